The van der Waals surface area contributed by atoms with Crippen LogP contribution < -0.4 is 10.5 Å². The van der Waals surface area contributed by atoms with E-state index in [0.29, 0.717) is 17.0 Å². The molecule has 0 aliphatic heterocycles. The number of hydrogen-bond acceptors (Lipinski definition) is 6. The monoisotopic (exact) mass is 273 g/mol. The molecule has 0 aliphatic rings. The number of nitrogen functional groups attached to an aromatic ring is 1. The molecule has 1 amide bonds. The molecule has 0 atom stereocenters. The minimum absolute atomic E-state index is 0.235. The molecule has 2 heterocycles. The van der Waals surface area contributed by atoms with Gasteiger partial charge in [-0.15, -0.1) is 0 Å². The second-order valence-corrected chi connectivity index (χ2v) is 4.23. The Morgan fingerprint density at radius 1 is 1.20 bits per heavy atom. The first-order valence-electron chi connectivity index (χ1n) is 5.87. The molecular formula is C13H15N5O2. The molecule has 20 heavy (non-hydrogen) atoms. The Hall–Kier alpha value is -2.70. The second-order valence-electron chi connectivity index (χ2n) is 4.23. The lowest BCUT2D eigenvalue weighted by Gasteiger charge is -2.14. The second kappa shape index (κ2) is 5.52. The van der Waals surface area contributed by atoms with Crippen LogP contribution in [0.5, 0.6) is 5.75 Å². The van der Waals surface area contributed by atoms with Gasteiger partial charge in [-0.2, -0.15) is 0 Å². The molecule has 2 rings (SSSR count). The summed E-state index contributed by atoms with van der Waals surface area (Å²) in [6.45, 7) is 0. The molecular weight excluding hydrogens is 258 g/mol. The molecule has 0 fully saturated rings. The van der Waals surface area contributed by atoms with Crippen LogP contribution in [-0.2, 0) is 0 Å². The third kappa shape index (κ3) is 2.37. The quantitative estimate of drug-likeness (QED) is 0.890. The Balaban J connectivity index is 2.65. The summed E-state index contributed by atoms with van der Waals surface area (Å²) in [4.78, 5) is 25.9. The number of amides is 1. The third-order valence-corrected chi connectivity index (χ3v) is 2.70. The number of methoxy groups -OCH3 is 1. The number of rotatable bonds is 3. The Bertz CT molecular complexity index is 642. The van der Waals surface area contributed by atoms with Crippen molar-refractivity contribution in [3.63, 3.8) is 0 Å². The number of nitrogens with two attached hydrogens (primary N) is 1. The van der Waals surface area contributed by atoms with Crippen LogP contribution in [0.25, 0.3) is 11.3 Å². The van der Waals surface area contributed by atoms with Crippen LogP contribution in [0.4, 0.5) is 5.82 Å². The molecule has 2 N–H and O–H groups in total. The van der Waals surface area contributed by atoms with E-state index in [4.69, 9.17) is 10.5 Å². The van der Waals surface area contributed by atoms with E-state index in [1.807, 2.05) is 0 Å². The van der Waals surface area contributed by atoms with E-state index in [1.54, 1.807) is 20.2 Å². The first-order chi connectivity index (χ1) is 9.56. The van der Waals surface area contributed by atoms with Crippen LogP contribution in [-0.4, -0.2) is 47.0 Å². The van der Waals surface area contributed by atoms with Crippen molar-refractivity contribution in [3.05, 3.63) is 30.4 Å². The van der Waals surface area contributed by atoms with Crippen LogP contribution in [0.3, 0.4) is 0 Å². The van der Waals surface area contributed by atoms with Gasteiger partial charge in [0.2, 0.25) is 0 Å². The lowest BCUT2D eigenvalue weighted by Crippen LogP contribution is -2.24. The standard InChI is InChI=1S/C13H15N5O2/c1-18(2)13(19)10-9(15-6-7-16-10)8-4-5-17-12(14)11(8)20-3/h4-7H,1-3H3,(H2,14,17). The summed E-state index contributed by atoms with van der Waals surface area (Å²) in [5, 5.41) is 0. The number of aromatic nitrogens is 3. The topological polar surface area (TPSA) is 94.2 Å². The maximum absolute atomic E-state index is 12.2. The molecule has 0 aromatic carbocycles. The van der Waals surface area contributed by atoms with Crippen molar-refractivity contribution < 1.29 is 9.53 Å². The Morgan fingerprint density at radius 2 is 1.90 bits per heavy atom. The fourth-order valence-electron chi connectivity index (χ4n) is 1.77. The molecule has 0 saturated heterocycles. The van der Waals surface area contributed by atoms with Crippen molar-refractivity contribution in [3.8, 4) is 17.0 Å². The minimum atomic E-state index is -0.245. The van der Waals surface area contributed by atoms with Crippen molar-refractivity contribution in [2.24, 2.45) is 0 Å². The van der Waals surface area contributed by atoms with Gasteiger partial charge in [-0.3, -0.25) is 9.78 Å². The van der Waals surface area contributed by atoms with Gasteiger partial charge in [0.25, 0.3) is 5.91 Å². The zero-order chi connectivity index (χ0) is 14.7. The number of ether oxygens (including phenoxy) is 1. The number of hydrogen-bond donors (Lipinski definition) is 1. The summed E-state index contributed by atoms with van der Waals surface area (Å²) < 4.78 is 5.25. The Labute approximate surface area is 116 Å². The summed E-state index contributed by atoms with van der Waals surface area (Å²) in [5.41, 5.74) is 7.01. The van der Waals surface area contributed by atoms with Gasteiger partial charge in [-0.25, -0.2) is 9.97 Å². The number of carbonyl (C=O) groups excluding carboxylic acids is 1. The van der Waals surface area contributed by atoms with E-state index in [0.717, 1.165) is 0 Å². The van der Waals surface area contributed by atoms with E-state index in [-0.39, 0.29) is 17.4 Å². The van der Waals surface area contributed by atoms with E-state index < -0.39 is 0 Å². The summed E-state index contributed by atoms with van der Waals surface area (Å²) in [6, 6.07) is 1.69. The molecule has 0 aliphatic carbocycles. The summed E-state index contributed by atoms with van der Waals surface area (Å²) in [5.74, 6) is 0.366. The predicted octanol–water partition coefficient (Wildman–Crippen LogP) is 0.831. The van der Waals surface area contributed by atoms with Crippen LogP contribution in [0.15, 0.2) is 24.7 Å². The van der Waals surface area contributed by atoms with Gasteiger partial charge in [-0.05, 0) is 6.07 Å². The predicted molar refractivity (Wildman–Crippen MR) is 74.2 cm³/mol. The molecule has 0 bridgehead atoms. The smallest absolute Gasteiger partial charge is 0.274 e. The normalized spacial score (nSPS) is 10.2. The summed E-state index contributed by atoms with van der Waals surface area (Å²) in [7, 11) is 4.79. The molecule has 0 spiro atoms. The highest BCUT2D eigenvalue weighted by Gasteiger charge is 2.21. The number of pyridine rings is 1. The van der Waals surface area contributed by atoms with Crippen LogP contribution in [0.1, 0.15) is 10.5 Å². The summed E-state index contributed by atoms with van der Waals surface area (Å²) >= 11 is 0. The first-order valence-corrected chi connectivity index (χ1v) is 5.87. The number of anilines is 1. The highest BCUT2D eigenvalue weighted by Crippen LogP contribution is 2.33. The van der Waals surface area contributed by atoms with Crippen molar-refractivity contribution in [1.82, 2.24) is 19.9 Å². The van der Waals surface area contributed by atoms with Crippen LogP contribution in [0.2, 0.25) is 0 Å². The SMILES string of the molecule is COc1c(-c2nccnc2C(=O)N(C)C)ccnc1N. The van der Waals surface area contributed by atoms with E-state index in [9.17, 15) is 4.79 Å². The van der Waals surface area contributed by atoms with Gasteiger partial charge >= 0.3 is 0 Å². The molecule has 2 aromatic rings. The van der Waals surface area contributed by atoms with Gasteiger partial charge < -0.3 is 15.4 Å². The van der Waals surface area contributed by atoms with Gasteiger partial charge in [0, 0.05) is 32.7 Å². The maximum Gasteiger partial charge on any atom is 0.274 e. The number of carbonyl (C=O) groups is 1. The molecule has 104 valence electrons. The van der Waals surface area contributed by atoms with Gasteiger partial charge in [0.15, 0.2) is 17.3 Å². The maximum atomic E-state index is 12.2. The van der Waals surface area contributed by atoms with Gasteiger partial charge in [0.05, 0.1) is 12.7 Å². The molecule has 0 unspecified atom stereocenters. The first kappa shape index (κ1) is 13.7. The molecule has 0 saturated carbocycles. The Kier molecular flexibility index (Phi) is 3.79. The molecule has 0 radical (unpaired) electrons. The molecule has 2 aromatic heterocycles. The van der Waals surface area contributed by atoms with Crippen LogP contribution in [0, 0.1) is 0 Å². The fourth-order valence-corrected chi connectivity index (χ4v) is 1.77. The molecule has 7 heteroatoms. The average Bonchev–Trinajstić information content (AvgIpc) is 2.46. The van der Waals surface area contributed by atoms with E-state index in [1.165, 1.54) is 30.6 Å². The lowest BCUT2D eigenvalue weighted by molar-refractivity contribution is 0.0822. The average molecular weight is 273 g/mol. The fraction of sp³-hybridized carbons (Fsp3) is 0.231. The zero-order valence-corrected chi connectivity index (χ0v) is 11.5. The van der Waals surface area contributed by atoms with Gasteiger partial charge in [-0.1, -0.05) is 0 Å². The van der Waals surface area contributed by atoms with E-state index in [2.05, 4.69) is 15.0 Å². The largest absolute Gasteiger partial charge is 0.492 e. The molecule has 7 nitrogen and oxygen atoms in total. The third-order valence-electron chi connectivity index (χ3n) is 2.70. The van der Waals surface area contributed by atoms with Crippen LogP contribution >= 0.6 is 0 Å². The lowest BCUT2D eigenvalue weighted by atomic mass is 10.1. The van der Waals surface area contributed by atoms with Crippen molar-refractivity contribution in [2.45, 2.75) is 0 Å². The Morgan fingerprint density at radius 3 is 2.55 bits per heavy atom. The zero-order valence-electron chi connectivity index (χ0n) is 11.5. The van der Waals surface area contributed by atoms with Crippen molar-refractivity contribution >= 4 is 11.7 Å². The summed E-state index contributed by atoms with van der Waals surface area (Å²) in [6.07, 6.45) is 4.51. The minimum Gasteiger partial charge on any atom is -0.492 e. The highest BCUT2D eigenvalue weighted by molar-refractivity contribution is 5.98. The van der Waals surface area contributed by atoms with Crippen molar-refractivity contribution in [1.29, 1.82) is 0 Å². The van der Waals surface area contributed by atoms with Gasteiger partial charge in [0.1, 0.15) is 5.69 Å². The van der Waals surface area contributed by atoms with Crippen molar-refractivity contribution in [2.75, 3.05) is 26.9 Å². The van der Waals surface area contributed by atoms with E-state index >= 15 is 0 Å². The highest BCUT2D eigenvalue weighted by atomic mass is 16.5. The number of nitrogens with zero attached hydrogens (tertiary/aromatic N) is 4.